The van der Waals surface area contributed by atoms with E-state index in [1.165, 1.54) is 22.8 Å². The third-order valence-electron chi connectivity index (χ3n) is 4.43. The minimum atomic E-state index is -3.60. The molecule has 1 saturated heterocycles. The second-order valence-corrected chi connectivity index (χ2v) is 8.11. The topological polar surface area (TPSA) is 108 Å². The number of carbonyl (C=O) groups is 2. The Morgan fingerprint density at radius 3 is 2.33 bits per heavy atom. The second-order valence-electron chi connectivity index (χ2n) is 6.18. The average molecular weight is 388 g/mol. The van der Waals surface area contributed by atoms with Gasteiger partial charge in [-0.2, -0.15) is 4.31 Å². The van der Waals surface area contributed by atoms with E-state index in [1.807, 2.05) is 0 Å². The van der Waals surface area contributed by atoms with Crippen LogP contribution >= 0.6 is 0 Å². The monoisotopic (exact) mass is 388 g/mol. The maximum Gasteiger partial charge on any atom is 0.269 e. The first kappa shape index (κ1) is 19.0. The third kappa shape index (κ3) is 4.50. The van der Waals surface area contributed by atoms with E-state index in [2.05, 4.69) is 15.8 Å². The van der Waals surface area contributed by atoms with Crippen molar-refractivity contribution in [3.63, 3.8) is 0 Å². The van der Waals surface area contributed by atoms with Gasteiger partial charge in [0.05, 0.1) is 0 Å². The minimum absolute atomic E-state index is 0.142. The summed E-state index contributed by atoms with van der Waals surface area (Å²) in [6.45, 7) is 0.476. The van der Waals surface area contributed by atoms with Crippen LogP contribution in [0, 0.1) is 5.92 Å². The molecule has 1 aromatic heterocycles. The van der Waals surface area contributed by atoms with Crippen molar-refractivity contribution in [1.82, 2.24) is 20.1 Å². The molecule has 27 heavy (non-hydrogen) atoms. The van der Waals surface area contributed by atoms with Crippen molar-refractivity contribution in [3.8, 4) is 0 Å². The van der Waals surface area contributed by atoms with Crippen LogP contribution in [0.25, 0.3) is 0 Å². The van der Waals surface area contributed by atoms with Crippen molar-refractivity contribution >= 4 is 21.8 Å². The average Bonchev–Trinajstić information content (AvgIpc) is 2.73. The van der Waals surface area contributed by atoms with E-state index in [9.17, 15) is 18.0 Å². The second kappa shape index (κ2) is 8.28. The van der Waals surface area contributed by atoms with Crippen LogP contribution < -0.4 is 10.9 Å². The van der Waals surface area contributed by atoms with Gasteiger partial charge in [0.1, 0.15) is 4.90 Å². The predicted molar refractivity (Wildman–Crippen MR) is 97.8 cm³/mol. The molecular weight excluding hydrogens is 368 g/mol. The van der Waals surface area contributed by atoms with Gasteiger partial charge < -0.3 is 0 Å². The van der Waals surface area contributed by atoms with Crippen LogP contribution in [0.3, 0.4) is 0 Å². The molecule has 3 rings (SSSR count). The van der Waals surface area contributed by atoms with Gasteiger partial charge in [-0.15, -0.1) is 0 Å². The molecule has 8 nitrogen and oxygen atoms in total. The van der Waals surface area contributed by atoms with Gasteiger partial charge in [0.25, 0.3) is 5.91 Å². The number of hydrogen-bond donors (Lipinski definition) is 2. The highest BCUT2D eigenvalue weighted by atomic mass is 32.2. The normalized spacial score (nSPS) is 15.9. The number of benzene rings is 1. The van der Waals surface area contributed by atoms with E-state index in [4.69, 9.17) is 0 Å². The van der Waals surface area contributed by atoms with Crippen LogP contribution in [0.1, 0.15) is 23.2 Å². The van der Waals surface area contributed by atoms with Gasteiger partial charge in [0.15, 0.2) is 0 Å². The predicted octanol–water partition coefficient (Wildman–Crippen LogP) is 0.944. The molecule has 1 aromatic carbocycles. The van der Waals surface area contributed by atoms with Crippen LogP contribution in [-0.2, 0) is 14.8 Å². The van der Waals surface area contributed by atoms with E-state index in [-0.39, 0.29) is 29.8 Å². The summed E-state index contributed by atoms with van der Waals surface area (Å²) in [5, 5.41) is 0. The number of nitrogens with one attached hydrogen (secondary N) is 2. The van der Waals surface area contributed by atoms with Gasteiger partial charge in [0, 0.05) is 37.0 Å². The fourth-order valence-corrected chi connectivity index (χ4v) is 4.32. The third-order valence-corrected chi connectivity index (χ3v) is 6.31. The number of carbonyl (C=O) groups excluding carboxylic acids is 2. The fraction of sp³-hybridized carbons (Fsp3) is 0.278. The standard InChI is InChI=1S/C18H20N4O4S/c23-17(14-5-2-1-3-6-14)20-21-18(24)15-8-11-22(12-9-15)27(25,26)16-7-4-10-19-13-16/h1-7,10,13,15H,8-9,11-12H2,(H,20,23)(H,21,24). The molecule has 0 atom stereocenters. The highest BCUT2D eigenvalue weighted by molar-refractivity contribution is 7.89. The van der Waals surface area contributed by atoms with Gasteiger partial charge in [0.2, 0.25) is 15.9 Å². The number of sulfonamides is 1. The quantitative estimate of drug-likeness (QED) is 0.758. The molecule has 1 fully saturated rings. The van der Waals surface area contributed by atoms with Crippen molar-refractivity contribution in [2.24, 2.45) is 5.92 Å². The SMILES string of the molecule is O=C(NNC(=O)C1CCN(S(=O)(=O)c2cccnc2)CC1)c1ccccc1. The Hall–Kier alpha value is -2.78. The summed E-state index contributed by atoms with van der Waals surface area (Å²) in [6, 6.07) is 11.6. The summed E-state index contributed by atoms with van der Waals surface area (Å²) >= 11 is 0. The molecule has 0 radical (unpaired) electrons. The number of pyridine rings is 1. The van der Waals surface area contributed by atoms with Crippen LogP contribution in [0.5, 0.6) is 0 Å². The van der Waals surface area contributed by atoms with Crippen molar-refractivity contribution < 1.29 is 18.0 Å². The summed E-state index contributed by atoms with van der Waals surface area (Å²) in [7, 11) is -3.60. The van der Waals surface area contributed by atoms with E-state index in [0.717, 1.165) is 0 Å². The zero-order chi connectivity index (χ0) is 19.3. The number of hydrogen-bond acceptors (Lipinski definition) is 5. The van der Waals surface area contributed by atoms with Crippen LogP contribution in [0.15, 0.2) is 59.8 Å². The van der Waals surface area contributed by atoms with Gasteiger partial charge in [-0.05, 0) is 37.1 Å². The molecule has 0 spiro atoms. The largest absolute Gasteiger partial charge is 0.273 e. The van der Waals surface area contributed by atoms with Crippen LogP contribution in [0.2, 0.25) is 0 Å². The zero-order valence-electron chi connectivity index (χ0n) is 14.5. The van der Waals surface area contributed by atoms with E-state index < -0.39 is 15.9 Å². The summed E-state index contributed by atoms with van der Waals surface area (Å²) in [5.41, 5.74) is 5.24. The molecule has 2 N–H and O–H groups in total. The molecule has 2 aromatic rings. The number of aromatic nitrogens is 1. The minimum Gasteiger partial charge on any atom is -0.273 e. The molecule has 2 amide bonds. The lowest BCUT2D eigenvalue weighted by Gasteiger charge is -2.30. The van der Waals surface area contributed by atoms with Crippen LogP contribution in [-0.4, -0.2) is 42.6 Å². The highest BCUT2D eigenvalue weighted by Crippen LogP contribution is 2.23. The Balaban J connectivity index is 1.51. The van der Waals surface area contributed by atoms with Gasteiger partial charge in [-0.1, -0.05) is 18.2 Å². The number of piperidine rings is 1. The highest BCUT2D eigenvalue weighted by Gasteiger charge is 2.32. The Bertz CT molecular complexity index is 895. The number of amides is 2. The molecule has 0 saturated carbocycles. The summed E-state index contributed by atoms with van der Waals surface area (Å²) < 4.78 is 26.5. The van der Waals surface area contributed by atoms with Crippen molar-refractivity contribution in [1.29, 1.82) is 0 Å². The summed E-state index contributed by atoms with van der Waals surface area (Å²) in [6.07, 6.45) is 3.59. The first-order valence-electron chi connectivity index (χ1n) is 8.54. The molecule has 142 valence electrons. The van der Waals surface area contributed by atoms with Gasteiger partial charge >= 0.3 is 0 Å². The Morgan fingerprint density at radius 1 is 1.00 bits per heavy atom. The Kier molecular flexibility index (Phi) is 5.82. The van der Waals surface area contributed by atoms with Gasteiger partial charge in [-0.25, -0.2) is 8.42 Å². The molecule has 9 heteroatoms. The molecule has 0 aliphatic carbocycles. The van der Waals surface area contributed by atoms with E-state index in [1.54, 1.807) is 36.4 Å². The lowest BCUT2D eigenvalue weighted by molar-refractivity contribution is -0.126. The summed E-state index contributed by atoms with van der Waals surface area (Å²) in [4.78, 5) is 28.2. The summed E-state index contributed by atoms with van der Waals surface area (Å²) in [5.74, 6) is -1.08. The van der Waals surface area contributed by atoms with E-state index in [0.29, 0.717) is 18.4 Å². The molecule has 0 unspecified atom stereocenters. The lowest BCUT2D eigenvalue weighted by atomic mass is 9.98. The Labute approximate surface area is 157 Å². The smallest absolute Gasteiger partial charge is 0.269 e. The lowest BCUT2D eigenvalue weighted by Crippen LogP contribution is -2.48. The van der Waals surface area contributed by atoms with Crippen molar-refractivity contribution in [2.75, 3.05) is 13.1 Å². The Morgan fingerprint density at radius 2 is 1.70 bits per heavy atom. The number of rotatable bonds is 4. The maximum atomic E-state index is 12.6. The first-order valence-corrected chi connectivity index (χ1v) is 9.98. The number of nitrogens with zero attached hydrogens (tertiary/aromatic N) is 2. The maximum absolute atomic E-state index is 12.6. The molecule has 1 aliphatic heterocycles. The molecule has 1 aliphatic rings. The van der Waals surface area contributed by atoms with Crippen molar-refractivity contribution in [3.05, 3.63) is 60.4 Å². The zero-order valence-corrected chi connectivity index (χ0v) is 15.4. The van der Waals surface area contributed by atoms with Gasteiger partial charge in [-0.3, -0.25) is 25.4 Å². The fourth-order valence-electron chi connectivity index (χ4n) is 2.89. The molecule has 2 heterocycles. The first-order chi connectivity index (χ1) is 13.0. The van der Waals surface area contributed by atoms with Crippen LogP contribution in [0.4, 0.5) is 0 Å². The van der Waals surface area contributed by atoms with E-state index >= 15 is 0 Å². The van der Waals surface area contributed by atoms with Crippen molar-refractivity contribution in [2.45, 2.75) is 17.7 Å². The molecule has 0 bridgehead atoms. The molecular formula is C18H20N4O4S. The number of hydrazine groups is 1.